The third kappa shape index (κ3) is 1.78. The maximum absolute atomic E-state index is 11.4. The molecule has 0 spiro atoms. The van der Waals surface area contributed by atoms with Crippen molar-refractivity contribution in [3.63, 3.8) is 0 Å². The normalized spacial score (nSPS) is 9.85. The van der Waals surface area contributed by atoms with Crippen LogP contribution in [0.5, 0.6) is 0 Å². The highest BCUT2D eigenvalue weighted by atomic mass is 32.1. The van der Waals surface area contributed by atoms with Gasteiger partial charge in [-0.3, -0.25) is 4.79 Å². The molecule has 0 aliphatic heterocycles. The Hall–Kier alpha value is -1.55. The Bertz CT molecular complexity index is 378. The van der Waals surface area contributed by atoms with E-state index in [0.717, 1.165) is 5.69 Å². The number of hydrogen-bond acceptors (Lipinski definition) is 3. The Balaban J connectivity index is 2.08. The monoisotopic (exact) mass is 193 g/mol. The number of nitrogens with one attached hydrogen (secondary N) is 1. The van der Waals surface area contributed by atoms with Gasteiger partial charge in [0.25, 0.3) is 5.91 Å². The number of anilines is 1. The summed E-state index contributed by atoms with van der Waals surface area (Å²) in [5.74, 6) is 0.106. The molecule has 2 aromatic rings. The number of amides is 1. The van der Waals surface area contributed by atoms with Gasteiger partial charge < -0.3 is 9.73 Å². The van der Waals surface area contributed by atoms with Gasteiger partial charge in [-0.25, -0.2) is 0 Å². The van der Waals surface area contributed by atoms with Crippen LogP contribution < -0.4 is 5.32 Å². The SMILES string of the molecule is O=C(Nc1ccsc1)c1ccco1. The molecular formula is C9H7NO2S. The van der Waals surface area contributed by atoms with Crippen LogP contribution in [0.15, 0.2) is 39.6 Å². The summed E-state index contributed by atoms with van der Waals surface area (Å²) < 4.78 is 4.94. The summed E-state index contributed by atoms with van der Waals surface area (Å²) in [6.45, 7) is 0. The minimum atomic E-state index is -0.219. The molecular weight excluding hydrogens is 186 g/mol. The lowest BCUT2D eigenvalue weighted by Gasteiger charge is -1.97. The van der Waals surface area contributed by atoms with Crippen LogP contribution in [-0.4, -0.2) is 5.91 Å². The molecule has 2 aromatic heterocycles. The second-order valence-electron chi connectivity index (χ2n) is 2.44. The van der Waals surface area contributed by atoms with Crippen molar-refractivity contribution in [3.8, 4) is 0 Å². The van der Waals surface area contributed by atoms with Crippen LogP contribution >= 0.6 is 11.3 Å². The number of carbonyl (C=O) groups is 1. The zero-order valence-corrected chi connectivity index (χ0v) is 7.51. The number of hydrogen-bond donors (Lipinski definition) is 1. The van der Waals surface area contributed by atoms with E-state index >= 15 is 0 Å². The fourth-order valence-corrected chi connectivity index (χ4v) is 1.52. The molecule has 2 heterocycles. The van der Waals surface area contributed by atoms with E-state index in [1.807, 2.05) is 16.8 Å². The zero-order chi connectivity index (χ0) is 9.10. The van der Waals surface area contributed by atoms with Gasteiger partial charge in [-0.05, 0) is 23.6 Å². The van der Waals surface area contributed by atoms with Gasteiger partial charge in [0.15, 0.2) is 5.76 Å². The average molecular weight is 193 g/mol. The second kappa shape index (κ2) is 3.45. The Kier molecular flexibility index (Phi) is 2.14. The van der Waals surface area contributed by atoms with Gasteiger partial charge in [0.1, 0.15) is 0 Å². The van der Waals surface area contributed by atoms with Crippen molar-refractivity contribution in [2.75, 3.05) is 5.32 Å². The summed E-state index contributed by atoms with van der Waals surface area (Å²) in [6.07, 6.45) is 1.47. The van der Waals surface area contributed by atoms with Crippen molar-refractivity contribution in [2.24, 2.45) is 0 Å². The predicted octanol–water partition coefficient (Wildman–Crippen LogP) is 2.59. The van der Waals surface area contributed by atoms with Crippen molar-refractivity contribution in [3.05, 3.63) is 41.0 Å². The van der Waals surface area contributed by atoms with E-state index in [1.54, 1.807) is 12.1 Å². The number of thiophene rings is 1. The van der Waals surface area contributed by atoms with Crippen LogP contribution in [0.3, 0.4) is 0 Å². The smallest absolute Gasteiger partial charge is 0.291 e. The lowest BCUT2D eigenvalue weighted by Crippen LogP contribution is -2.09. The molecule has 0 aliphatic carbocycles. The summed E-state index contributed by atoms with van der Waals surface area (Å²) in [4.78, 5) is 11.4. The largest absolute Gasteiger partial charge is 0.459 e. The first-order valence-electron chi connectivity index (χ1n) is 3.73. The Labute approximate surface area is 79.0 Å². The second-order valence-corrected chi connectivity index (χ2v) is 3.22. The molecule has 2 rings (SSSR count). The fraction of sp³-hybridized carbons (Fsp3) is 0. The topological polar surface area (TPSA) is 42.2 Å². The average Bonchev–Trinajstić information content (AvgIpc) is 2.74. The van der Waals surface area contributed by atoms with Crippen LogP contribution in [0.2, 0.25) is 0 Å². The first-order valence-corrected chi connectivity index (χ1v) is 4.67. The molecule has 0 aliphatic rings. The molecule has 1 amide bonds. The van der Waals surface area contributed by atoms with Crippen LogP contribution in [-0.2, 0) is 0 Å². The maximum Gasteiger partial charge on any atom is 0.291 e. The van der Waals surface area contributed by atoms with Crippen LogP contribution in [0.25, 0.3) is 0 Å². The highest BCUT2D eigenvalue weighted by Crippen LogP contribution is 2.13. The van der Waals surface area contributed by atoms with Crippen LogP contribution in [0.4, 0.5) is 5.69 Å². The Morgan fingerprint density at radius 3 is 3.00 bits per heavy atom. The molecule has 4 heteroatoms. The highest BCUT2D eigenvalue weighted by molar-refractivity contribution is 7.08. The minimum absolute atomic E-state index is 0.219. The summed E-state index contributed by atoms with van der Waals surface area (Å²) in [7, 11) is 0. The molecule has 0 radical (unpaired) electrons. The van der Waals surface area contributed by atoms with E-state index < -0.39 is 0 Å². The third-order valence-electron chi connectivity index (χ3n) is 1.52. The molecule has 0 aromatic carbocycles. The van der Waals surface area contributed by atoms with E-state index in [-0.39, 0.29) is 5.91 Å². The lowest BCUT2D eigenvalue weighted by molar-refractivity contribution is 0.0997. The van der Waals surface area contributed by atoms with Gasteiger partial charge in [0.2, 0.25) is 0 Å². The van der Waals surface area contributed by atoms with Gasteiger partial charge in [-0.2, -0.15) is 11.3 Å². The van der Waals surface area contributed by atoms with E-state index in [0.29, 0.717) is 5.76 Å². The van der Waals surface area contributed by atoms with Crippen molar-refractivity contribution in [1.82, 2.24) is 0 Å². The predicted molar refractivity (Wildman–Crippen MR) is 51.0 cm³/mol. The van der Waals surface area contributed by atoms with Crippen molar-refractivity contribution in [1.29, 1.82) is 0 Å². The molecule has 0 saturated heterocycles. The van der Waals surface area contributed by atoms with Gasteiger partial charge in [-0.15, -0.1) is 0 Å². The molecule has 3 nitrogen and oxygen atoms in total. The molecule has 0 saturated carbocycles. The van der Waals surface area contributed by atoms with Gasteiger partial charge in [-0.1, -0.05) is 0 Å². The summed E-state index contributed by atoms with van der Waals surface area (Å²) in [5, 5.41) is 6.46. The van der Waals surface area contributed by atoms with Gasteiger partial charge >= 0.3 is 0 Å². The molecule has 0 unspecified atom stereocenters. The molecule has 13 heavy (non-hydrogen) atoms. The van der Waals surface area contributed by atoms with E-state index in [1.165, 1.54) is 17.6 Å². The Morgan fingerprint density at radius 1 is 1.46 bits per heavy atom. The van der Waals surface area contributed by atoms with Crippen LogP contribution in [0, 0.1) is 0 Å². The maximum atomic E-state index is 11.4. The minimum Gasteiger partial charge on any atom is -0.459 e. The quantitative estimate of drug-likeness (QED) is 0.796. The standard InChI is InChI=1S/C9H7NO2S/c11-9(8-2-1-4-12-8)10-7-3-5-13-6-7/h1-6H,(H,10,11). The third-order valence-corrected chi connectivity index (χ3v) is 2.21. The summed E-state index contributed by atoms with van der Waals surface area (Å²) in [6, 6.07) is 5.15. The Morgan fingerprint density at radius 2 is 2.38 bits per heavy atom. The number of furan rings is 1. The van der Waals surface area contributed by atoms with E-state index in [4.69, 9.17) is 4.42 Å². The van der Waals surface area contributed by atoms with E-state index in [9.17, 15) is 4.79 Å². The number of rotatable bonds is 2. The summed E-state index contributed by atoms with van der Waals surface area (Å²) >= 11 is 1.53. The molecule has 0 atom stereocenters. The van der Waals surface area contributed by atoms with Crippen molar-refractivity contribution < 1.29 is 9.21 Å². The first kappa shape index (κ1) is 8.07. The highest BCUT2D eigenvalue weighted by Gasteiger charge is 2.07. The summed E-state index contributed by atoms with van der Waals surface area (Å²) in [5.41, 5.74) is 0.798. The van der Waals surface area contributed by atoms with Crippen molar-refractivity contribution >= 4 is 22.9 Å². The fourth-order valence-electron chi connectivity index (χ4n) is 0.936. The van der Waals surface area contributed by atoms with Gasteiger partial charge in [0.05, 0.1) is 12.0 Å². The lowest BCUT2D eigenvalue weighted by atomic mass is 10.4. The first-order chi connectivity index (χ1) is 6.36. The molecule has 66 valence electrons. The molecule has 0 bridgehead atoms. The number of carbonyl (C=O) groups excluding carboxylic acids is 1. The van der Waals surface area contributed by atoms with E-state index in [2.05, 4.69) is 5.32 Å². The molecule has 0 fully saturated rings. The zero-order valence-electron chi connectivity index (χ0n) is 6.69. The molecule has 1 N–H and O–H groups in total. The van der Waals surface area contributed by atoms with Crippen molar-refractivity contribution in [2.45, 2.75) is 0 Å². The van der Waals surface area contributed by atoms with Crippen LogP contribution in [0.1, 0.15) is 10.6 Å². The van der Waals surface area contributed by atoms with Gasteiger partial charge in [0, 0.05) is 5.38 Å².